The highest BCUT2D eigenvalue weighted by Crippen LogP contribution is 2.24. The van der Waals surface area contributed by atoms with Crippen molar-refractivity contribution >= 4 is 5.97 Å². The maximum absolute atomic E-state index is 11.4. The standard InChI is InChI=1S/C10H19NO3/c1-5-13-8(12)7-6-14-9(11-7)10(2,3)4/h7,9,11H,5-6H2,1-4H3. The fourth-order valence-corrected chi connectivity index (χ4v) is 1.35. The summed E-state index contributed by atoms with van der Waals surface area (Å²) >= 11 is 0. The summed E-state index contributed by atoms with van der Waals surface area (Å²) in [5.41, 5.74) is 0.00123. The van der Waals surface area contributed by atoms with Crippen molar-refractivity contribution < 1.29 is 14.3 Å². The summed E-state index contributed by atoms with van der Waals surface area (Å²) < 4.78 is 10.4. The Morgan fingerprint density at radius 2 is 2.21 bits per heavy atom. The molecule has 0 aromatic carbocycles. The molecule has 4 nitrogen and oxygen atoms in total. The second-order valence-electron chi connectivity index (χ2n) is 4.55. The van der Waals surface area contributed by atoms with Gasteiger partial charge in [-0.25, -0.2) is 0 Å². The Morgan fingerprint density at radius 3 is 2.64 bits per heavy atom. The minimum absolute atomic E-state index is 0.00123. The maximum atomic E-state index is 11.4. The second kappa shape index (κ2) is 4.28. The van der Waals surface area contributed by atoms with E-state index >= 15 is 0 Å². The third-order valence-corrected chi connectivity index (χ3v) is 2.14. The Bertz CT molecular complexity index is 210. The van der Waals surface area contributed by atoms with Gasteiger partial charge in [0.15, 0.2) is 0 Å². The molecule has 2 atom stereocenters. The van der Waals surface area contributed by atoms with Gasteiger partial charge in [-0.15, -0.1) is 0 Å². The van der Waals surface area contributed by atoms with Crippen molar-refractivity contribution in [2.75, 3.05) is 13.2 Å². The first kappa shape index (κ1) is 11.5. The molecule has 1 heterocycles. The SMILES string of the molecule is CCOC(=O)C1COC(C(C)(C)C)N1. The van der Waals surface area contributed by atoms with Gasteiger partial charge in [0.25, 0.3) is 0 Å². The molecule has 0 bridgehead atoms. The lowest BCUT2D eigenvalue weighted by atomic mass is 9.94. The highest BCUT2D eigenvalue weighted by atomic mass is 16.5. The first-order chi connectivity index (χ1) is 6.45. The molecule has 2 unspecified atom stereocenters. The molecule has 0 spiro atoms. The van der Waals surface area contributed by atoms with E-state index in [9.17, 15) is 4.79 Å². The van der Waals surface area contributed by atoms with Crippen LogP contribution in [0.1, 0.15) is 27.7 Å². The average molecular weight is 201 g/mol. The fourth-order valence-electron chi connectivity index (χ4n) is 1.35. The van der Waals surface area contributed by atoms with E-state index in [0.29, 0.717) is 13.2 Å². The van der Waals surface area contributed by atoms with E-state index in [1.165, 1.54) is 0 Å². The van der Waals surface area contributed by atoms with Crippen molar-refractivity contribution in [3.05, 3.63) is 0 Å². The largest absolute Gasteiger partial charge is 0.465 e. The lowest BCUT2D eigenvalue weighted by Gasteiger charge is -2.26. The molecular weight excluding hydrogens is 182 g/mol. The van der Waals surface area contributed by atoms with Gasteiger partial charge in [-0.2, -0.15) is 0 Å². The van der Waals surface area contributed by atoms with Crippen LogP contribution in [-0.4, -0.2) is 31.5 Å². The lowest BCUT2D eigenvalue weighted by molar-refractivity contribution is -0.145. The van der Waals surface area contributed by atoms with Crippen molar-refractivity contribution in [3.63, 3.8) is 0 Å². The minimum atomic E-state index is -0.306. The zero-order valence-electron chi connectivity index (χ0n) is 9.29. The van der Waals surface area contributed by atoms with Gasteiger partial charge in [0, 0.05) is 5.41 Å². The molecule has 0 aromatic heterocycles. The zero-order valence-corrected chi connectivity index (χ0v) is 9.29. The summed E-state index contributed by atoms with van der Waals surface area (Å²) in [5, 5.41) is 3.12. The molecule has 82 valence electrons. The third kappa shape index (κ3) is 2.69. The Labute approximate surface area is 85.0 Å². The van der Waals surface area contributed by atoms with Crippen molar-refractivity contribution in [1.29, 1.82) is 0 Å². The van der Waals surface area contributed by atoms with Gasteiger partial charge in [0.2, 0.25) is 0 Å². The van der Waals surface area contributed by atoms with Crippen LogP contribution >= 0.6 is 0 Å². The molecule has 1 aliphatic rings. The van der Waals surface area contributed by atoms with Crippen LogP contribution in [0.15, 0.2) is 0 Å². The van der Waals surface area contributed by atoms with Crippen LogP contribution in [0.2, 0.25) is 0 Å². The van der Waals surface area contributed by atoms with Crippen LogP contribution in [0, 0.1) is 5.41 Å². The monoisotopic (exact) mass is 201 g/mol. The smallest absolute Gasteiger partial charge is 0.325 e. The van der Waals surface area contributed by atoms with Crippen molar-refractivity contribution in [2.45, 2.75) is 40.0 Å². The molecule has 1 fully saturated rings. The Balaban J connectivity index is 2.45. The molecular formula is C10H19NO3. The Kier molecular flexibility index (Phi) is 3.50. The van der Waals surface area contributed by atoms with Crippen LogP contribution in [0.25, 0.3) is 0 Å². The number of carbonyl (C=O) groups is 1. The summed E-state index contributed by atoms with van der Waals surface area (Å²) in [4.78, 5) is 11.4. The predicted molar refractivity (Wildman–Crippen MR) is 52.8 cm³/mol. The van der Waals surface area contributed by atoms with E-state index in [4.69, 9.17) is 9.47 Å². The Hall–Kier alpha value is -0.610. The van der Waals surface area contributed by atoms with E-state index < -0.39 is 0 Å². The zero-order chi connectivity index (χ0) is 10.8. The first-order valence-electron chi connectivity index (χ1n) is 4.99. The molecule has 1 saturated heterocycles. The molecule has 1 N–H and O–H groups in total. The third-order valence-electron chi connectivity index (χ3n) is 2.14. The average Bonchev–Trinajstić information content (AvgIpc) is 2.51. The van der Waals surface area contributed by atoms with Crippen molar-refractivity contribution in [3.8, 4) is 0 Å². The summed E-state index contributed by atoms with van der Waals surface area (Å²) in [6.45, 7) is 8.82. The maximum Gasteiger partial charge on any atom is 0.325 e. The minimum Gasteiger partial charge on any atom is -0.465 e. The number of ether oxygens (including phenoxy) is 2. The first-order valence-corrected chi connectivity index (χ1v) is 4.99. The van der Waals surface area contributed by atoms with Gasteiger partial charge in [0.05, 0.1) is 13.2 Å². The molecule has 0 aliphatic carbocycles. The van der Waals surface area contributed by atoms with E-state index in [1.54, 1.807) is 6.92 Å². The second-order valence-corrected chi connectivity index (χ2v) is 4.55. The number of carbonyl (C=O) groups excluding carboxylic acids is 1. The van der Waals surface area contributed by atoms with Crippen LogP contribution < -0.4 is 5.32 Å². The summed E-state index contributed by atoms with van der Waals surface area (Å²) in [7, 11) is 0. The summed E-state index contributed by atoms with van der Waals surface area (Å²) in [5.74, 6) is -0.223. The molecule has 0 amide bonds. The van der Waals surface area contributed by atoms with Crippen LogP contribution in [-0.2, 0) is 14.3 Å². The van der Waals surface area contributed by atoms with E-state index in [-0.39, 0.29) is 23.7 Å². The number of esters is 1. The number of rotatable bonds is 2. The molecule has 4 heteroatoms. The van der Waals surface area contributed by atoms with Crippen molar-refractivity contribution in [1.82, 2.24) is 5.32 Å². The van der Waals surface area contributed by atoms with Gasteiger partial charge in [0.1, 0.15) is 12.3 Å². The number of hydrogen-bond donors (Lipinski definition) is 1. The summed E-state index contributed by atoms with van der Waals surface area (Å²) in [6.07, 6.45) is -0.0723. The number of nitrogens with one attached hydrogen (secondary N) is 1. The normalized spacial score (nSPS) is 27.7. The van der Waals surface area contributed by atoms with Crippen molar-refractivity contribution in [2.24, 2.45) is 5.41 Å². The van der Waals surface area contributed by atoms with Crippen LogP contribution in [0.5, 0.6) is 0 Å². The Morgan fingerprint density at radius 1 is 1.57 bits per heavy atom. The summed E-state index contributed by atoms with van der Waals surface area (Å²) in [6, 6.07) is -0.306. The van der Waals surface area contributed by atoms with Crippen LogP contribution in [0.3, 0.4) is 0 Å². The highest BCUT2D eigenvalue weighted by Gasteiger charge is 2.37. The lowest BCUT2D eigenvalue weighted by Crippen LogP contribution is -2.43. The molecule has 1 aliphatic heterocycles. The van der Waals surface area contributed by atoms with E-state index in [0.717, 1.165) is 0 Å². The van der Waals surface area contributed by atoms with E-state index in [1.807, 2.05) is 0 Å². The molecule has 0 aromatic rings. The molecule has 1 rings (SSSR count). The van der Waals surface area contributed by atoms with Crippen LogP contribution in [0.4, 0.5) is 0 Å². The molecule has 0 radical (unpaired) electrons. The number of hydrogen-bond acceptors (Lipinski definition) is 4. The highest BCUT2D eigenvalue weighted by molar-refractivity contribution is 5.76. The van der Waals surface area contributed by atoms with Gasteiger partial charge in [-0.05, 0) is 6.92 Å². The van der Waals surface area contributed by atoms with Gasteiger partial charge in [-0.1, -0.05) is 20.8 Å². The van der Waals surface area contributed by atoms with Gasteiger partial charge < -0.3 is 9.47 Å². The topological polar surface area (TPSA) is 47.6 Å². The van der Waals surface area contributed by atoms with Gasteiger partial charge in [-0.3, -0.25) is 10.1 Å². The van der Waals surface area contributed by atoms with Gasteiger partial charge >= 0.3 is 5.97 Å². The molecule has 0 saturated carbocycles. The quantitative estimate of drug-likeness (QED) is 0.675. The fraction of sp³-hybridized carbons (Fsp3) is 0.900. The molecule has 14 heavy (non-hydrogen) atoms. The predicted octanol–water partition coefficient (Wildman–Crippen LogP) is 0.910. The van der Waals surface area contributed by atoms with E-state index in [2.05, 4.69) is 26.1 Å².